The lowest BCUT2D eigenvalue weighted by Crippen LogP contribution is -2.46. The molecule has 25 heavy (non-hydrogen) atoms. The van der Waals surface area contributed by atoms with Crippen LogP contribution in [0.1, 0.15) is 49.4 Å². The van der Waals surface area contributed by atoms with Gasteiger partial charge in [-0.25, -0.2) is 0 Å². The van der Waals surface area contributed by atoms with Gasteiger partial charge in [0, 0.05) is 25.6 Å². The number of hydrogen-bond acceptors (Lipinski definition) is 4. The van der Waals surface area contributed by atoms with Crippen LogP contribution >= 0.6 is 0 Å². The van der Waals surface area contributed by atoms with Crippen molar-refractivity contribution in [2.24, 2.45) is 0 Å². The number of nitrogens with zero attached hydrogens (tertiary/aromatic N) is 1. The number of carbonyl (C=O) groups excluding carboxylic acids is 2. The lowest BCUT2D eigenvalue weighted by atomic mass is 10.0. The van der Waals surface area contributed by atoms with Gasteiger partial charge in [-0.05, 0) is 31.4 Å². The van der Waals surface area contributed by atoms with Gasteiger partial charge < -0.3 is 19.7 Å². The molecule has 2 amide bonds. The van der Waals surface area contributed by atoms with Gasteiger partial charge in [0.25, 0.3) is 5.91 Å². The number of benzene rings is 1. The van der Waals surface area contributed by atoms with Gasteiger partial charge in [0.15, 0.2) is 0 Å². The van der Waals surface area contributed by atoms with Crippen molar-refractivity contribution in [2.45, 2.75) is 45.1 Å². The van der Waals surface area contributed by atoms with Gasteiger partial charge in [0.1, 0.15) is 17.1 Å². The number of rotatable bonds is 7. The quantitative estimate of drug-likeness (QED) is 0.822. The van der Waals surface area contributed by atoms with Crippen LogP contribution in [-0.4, -0.2) is 50.1 Å². The van der Waals surface area contributed by atoms with Gasteiger partial charge in [0.2, 0.25) is 5.91 Å². The summed E-state index contributed by atoms with van der Waals surface area (Å²) in [5.41, 5.74) is 0.456. The van der Waals surface area contributed by atoms with E-state index in [4.69, 9.17) is 9.47 Å². The second-order valence-corrected chi connectivity index (χ2v) is 6.28. The standard InChI is InChI=1S/C19H28N2O4/c1-4-5-9-17(22)20-14-10-12-21(13-11-14)19(23)18-15(24-2)7-6-8-16(18)25-3/h6-8,14H,4-5,9-13H2,1-3H3,(H,20,22). The van der Waals surface area contributed by atoms with E-state index >= 15 is 0 Å². The van der Waals surface area contributed by atoms with Crippen LogP contribution in [0.25, 0.3) is 0 Å². The van der Waals surface area contributed by atoms with E-state index in [2.05, 4.69) is 12.2 Å². The van der Waals surface area contributed by atoms with Crippen LogP contribution in [0.2, 0.25) is 0 Å². The maximum atomic E-state index is 12.9. The Kier molecular flexibility index (Phi) is 7.10. The van der Waals surface area contributed by atoms with E-state index in [9.17, 15) is 9.59 Å². The zero-order valence-corrected chi connectivity index (χ0v) is 15.3. The van der Waals surface area contributed by atoms with E-state index in [0.717, 1.165) is 25.7 Å². The summed E-state index contributed by atoms with van der Waals surface area (Å²) in [4.78, 5) is 26.6. The number of carbonyl (C=O) groups is 2. The molecule has 1 heterocycles. The lowest BCUT2D eigenvalue weighted by molar-refractivity contribution is -0.122. The molecule has 6 nitrogen and oxygen atoms in total. The van der Waals surface area contributed by atoms with Crippen molar-refractivity contribution < 1.29 is 19.1 Å². The smallest absolute Gasteiger partial charge is 0.261 e. The van der Waals surface area contributed by atoms with Gasteiger partial charge in [0.05, 0.1) is 14.2 Å². The molecule has 2 rings (SSSR count). The molecular formula is C19H28N2O4. The summed E-state index contributed by atoms with van der Waals surface area (Å²) in [6.07, 6.45) is 4.04. The molecular weight excluding hydrogens is 320 g/mol. The van der Waals surface area contributed by atoms with Crippen LogP contribution in [0.5, 0.6) is 11.5 Å². The number of piperidine rings is 1. The van der Waals surface area contributed by atoms with Crippen molar-refractivity contribution in [3.05, 3.63) is 23.8 Å². The number of ether oxygens (including phenoxy) is 2. The lowest BCUT2D eigenvalue weighted by Gasteiger charge is -2.33. The number of unbranched alkanes of at least 4 members (excludes halogenated alkanes) is 1. The Bertz CT molecular complexity index is 573. The highest BCUT2D eigenvalue weighted by Crippen LogP contribution is 2.30. The average molecular weight is 348 g/mol. The van der Waals surface area contributed by atoms with Crippen molar-refractivity contribution in [2.75, 3.05) is 27.3 Å². The molecule has 1 N–H and O–H groups in total. The third-order valence-electron chi connectivity index (χ3n) is 4.55. The second-order valence-electron chi connectivity index (χ2n) is 6.28. The zero-order valence-electron chi connectivity index (χ0n) is 15.3. The summed E-state index contributed by atoms with van der Waals surface area (Å²) in [5, 5.41) is 3.07. The summed E-state index contributed by atoms with van der Waals surface area (Å²) in [5.74, 6) is 1.04. The minimum atomic E-state index is -0.0925. The van der Waals surface area contributed by atoms with Crippen molar-refractivity contribution in [3.63, 3.8) is 0 Å². The minimum absolute atomic E-state index is 0.0925. The van der Waals surface area contributed by atoms with E-state index in [0.29, 0.717) is 36.6 Å². The second kappa shape index (κ2) is 9.30. The van der Waals surface area contributed by atoms with Crippen LogP contribution in [0.4, 0.5) is 0 Å². The fourth-order valence-corrected chi connectivity index (χ4v) is 3.08. The van der Waals surface area contributed by atoms with Crippen molar-refractivity contribution >= 4 is 11.8 Å². The molecule has 0 bridgehead atoms. The highest BCUT2D eigenvalue weighted by atomic mass is 16.5. The highest BCUT2D eigenvalue weighted by molar-refractivity contribution is 5.99. The molecule has 1 saturated heterocycles. The maximum absolute atomic E-state index is 12.9. The molecule has 0 aliphatic carbocycles. The first-order valence-electron chi connectivity index (χ1n) is 8.90. The Labute approximate surface area is 149 Å². The summed E-state index contributed by atoms with van der Waals surface area (Å²) in [6.45, 7) is 3.29. The predicted octanol–water partition coefficient (Wildman–Crippen LogP) is 2.61. The first-order valence-corrected chi connectivity index (χ1v) is 8.90. The molecule has 1 aliphatic rings. The molecule has 1 aromatic rings. The first-order chi connectivity index (χ1) is 12.1. The summed E-state index contributed by atoms with van der Waals surface area (Å²) in [7, 11) is 3.09. The van der Waals surface area contributed by atoms with E-state index in [1.54, 1.807) is 37.3 Å². The Hall–Kier alpha value is -2.24. The molecule has 6 heteroatoms. The number of likely N-dealkylation sites (tertiary alicyclic amines) is 1. The number of nitrogens with one attached hydrogen (secondary N) is 1. The Morgan fingerprint density at radius 3 is 2.28 bits per heavy atom. The van der Waals surface area contributed by atoms with Crippen LogP contribution < -0.4 is 14.8 Å². The third-order valence-corrected chi connectivity index (χ3v) is 4.55. The predicted molar refractivity (Wildman–Crippen MR) is 96.1 cm³/mol. The van der Waals surface area contributed by atoms with E-state index in [1.165, 1.54) is 0 Å². The SMILES string of the molecule is CCCCC(=O)NC1CCN(C(=O)c2c(OC)cccc2OC)CC1. The minimum Gasteiger partial charge on any atom is -0.496 e. The first kappa shape index (κ1) is 19.1. The Morgan fingerprint density at radius 1 is 1.16 bits per heavy atom. The molecule has 0 radical (unpaired) electrons. The molecule has 0 aromatic heterocycles. The highest BCUT2D eigenvalue weighted by Gasteiger charge is 2.28. The largest absolute Gasteiger partial charge is 0.496 e. The van der Waals surface area contributed by atoms with Crippen molar-refractivity contribution in [1.82, 2.24) is 10.2 Å². The van der Waals surface area contributed by atoms with Crippen LogP contribution in [0, 0.1) is 0 Å². The molecule has 0 atom stereocenters. The van der Waals surface area contributed by atoms with Crippen molar-refractivity contribution in [1.29, 1.82) is 0 Å². The summed E-state index contributed by atoms with van der Waals surface area (Å²) >= 11 is 0. The Balaban J connectivity index is 1.97. The van der Waals surface area contributed by atoms with E-state index in [-0.39, 0.29) is 17.9 Å². The summed E-state index contributed by atoms with van der Waals surface area (Å²) < 4.78 is 10.7. The summed E-state index contributed by atoms with van der Waals surface area (Å²) in [6, 6.07) is 5.47. The molecule has 1 aromatic carbocycles. The van der Waals surface area contributed by atoms with Gasteiger partial charge >= 0.3 is 0 Å². The van der Waals surface area contributed by atoms with Crippen LogP contribution in [-0.2, 0) is 4.79 Å². The normalized spacial score (nSPS) is 14.9. The molecule has 0 spiro atoms. The molecule has 1 fully saturated rings. The van der Waals surface area contributed by atoms with Gasteiger partial charge in [-0.15, -0.1) is 0 Å². The molecule has 0 saturated carbocycles. The fraction of sp³-hybridized carbons (Fsp3) is 0.579. The van der Waals surface area contributed by atoms with Gasteiger partial charge in [-0.1, -0.05) is 19.4 Å². The Morgan fingerprint density at radius 2 is 1.76 bits per heavy atom. The number of hydrogen-bond donors (Lipinski definition) is 1. The van der Waals surface area contributed by atoms with Gasteiger partial charge in [-0.2, -0.15) is 0 Å². The molecule has 138 valence electrons. The van der Waals surface area contributed by atoms with Gasteiger partial charge in [-0.3, -0.25) is 9.59 Å². The molecule has 0 unspecified atom stereocenters. The monoisotopic (exact) mass is 348 g/mol. The van der Waals surface area contributed by atoms with E-state index in [1.807, 2.05) is 0 Å². The topological polar surface area (TPSA) is 67.9 Å². The third kappa shape index (κ3) is 4.87. The van der Waals surface area contributed by atoms with Crippen LogP contribution in [0.3, 0.4) is 0 Å². The molecule has 1 aliphatic heterocycles. The van der Waals surface area contributed by atoms with E-state index < -0.39 is 0 Å². The number of amides is 2. The fourth-order valence-electron chi connectivity index (χ4n) is 3.08. The number of methoxy groups -OCH3 is 2. The zero-order chi connectivity index (χ0) is 18.2. The van der Waals surface area contributed by atoms with Crippen molar-refractivity contribution in [3.8, 4) is 11.5 Å². The average Bonchev–Trinajstić information content (AvgIpc) is 2.65. The maximum Gasteiger partial charge on any atom is 0.261 e. The van der Waals surface area contributed by atoms with Crippen LogP contribution in [0.15, 0.2) is 18.2 Å².